The van der Waals surface area contributed by atoms with E-state index in [2.05, 4.69) is 27.4 Å². The molecule has 4 heteroatoms. The average Bonchev–Trinajstić information content (AvgIpc) is 2.37. The lowest BCUT2D eigenvalue weighted by atomic mass is 10.2. The Morgan fingerprint density at radius 2 is 2.20 bits per heavy atom. The van der Waals surface area contributed by atoms with Crippen molar-refractivity contribution in [3.63, 3.8) is 0 Å². The van der Waals surface area contributed by atoms with Crippen LogP contribution in [-0.2, 0) is 9.57 Å². The molecule has 60 valence electrons. The van der Waals surface area contributed by atoms with E-state index in [0.717, 1.165) is 17.3 Å². The van der Waals surface area contributed by atoms with Gasteiger partial charge in [-0.05, 0) is 12.8 Å². The van der Waals surface area contributed by atoms with Crippen LogP contribution in [-0.4, -0.2) is 23.2 Å². The van der Waals surface area contributed by atoms with Crippen LogP contribution in [0.25, 0.3) is 0 Å². The summed E-state index contributed by atoms with van der Waals surface area (Å²) >= 11 is 2.33. The fraction of sp³-hybridized carbons (Fsp3) is 1.00. The van der Waals surface area contributed by atoms with Gasteiger partial charge in [0.25, 0.3) is 0 Å². The maximum absolute atomic E-state index is 5.54. The van der Waals surface area contributed by atoms with Crippen LogP contribution in [0.2, 0.25) is 0 Å². The highest BCUT2D eigenvalue weighted by atomic mass is 127. The molecule has 0 radical (unpaired) electrons. The van der Waals surface area contributed by atoms with Crippen LogP contribution in [0, 0.1) is 0 Å². The van der Waals surface area contributed by atoms with Crippen molar-refractivity contribution in [1.82, 2.24) is 0 Å². The molecule has 1 rings (SSSR count). The molecule has 1 aliphatic heterocycles. The Kier molecular flexibility index (Phi) is 3.90. The van der Waals surface area contributed by atoms with Crippen molar-refractivity contribution in [3.8, 4) is 0 Å². The van der Waals surface area contributed by atoms with E-state index >= 15 is 0 Å². The predicted molar refractivity (Wildman–Crippen MR) is 46.9 cm³/mol. The monoisotopic (exact) mass is 257 g/mol. The molecule has 1 saturated heterocycles. The Bertz CT molecular complexity index is 102. The van der Waals surface area contributed by atoms with E-state index in [1.807, 2.05) is 0 Å². The normalized spacial score (nSPS) is 33.0. The first-order valence-electron chi connectivity index (χ1n) is 3.40. The van der Waals surface area contributed by atoms with Gasteiger partial charge in [0.2, 0.25) is 0 Å². The van der Waals surface area contributed by atoms with Crippen LogP contribution in [0.4, 0.5) is 0 Å². The highest BCUT2D eigenvalue weighted by Crippen LogP contribution is 2.20. The van der Waals surface area contributed by atoms with E-state index in [4.69, 9.17) is 10.6 Å². The molecule has 0 aromatic heterocycles. The first-order chi connectivity index (χ1) is 4.86. The molecular weight excluding hydrogens is 245 g/mol. The van der Waals surface area contributed by atoms with Crippen molar-refractivity contribution in [2.75, 3.05) is 11.0 Å². The van der Waals surface area contributed by atoms with Crippen molar-refractivity contribution in [2.24, 2.45) is 5.90 Å². The van der Waals surface area contributed by atoms with Gasteiger partial charge in [0.1, 0.15) is 0 Å². The van der Waals surface area contributed by atoms with Gasteiger partial charge in [-0.2, -0.15) is 0 Å². The highest BCUT2D eigenvalue weighted by molar-refractivity contribution is 14.1. The summed E-state index contributed by atoms with van der Waals surface area (Å²) in [7, 11) is 0. The molecule has 0 amide bonds. The average molecular weight is 257 g/mol. The SMILES string of the molecule is NOCC1CCC(CI)O1. The van der Waals surface area contributed by atoms with E-state index < -0.39 is 0 Å². The van der Waals surface area contributed by atoms with Crippen LogP contribution in [0.1, 0.15) is 12.8 Å². The van der Waals surface area contributed by atoms with Gasteiger partial charge < -0.3 is 9.57 Å². The minimum absolute atomic E-state index is 0.241. The van der Waals surface area contributed by atoms with E-state index in [0.29, 0.717) is 12.7 Å². The summed E-state index contributed by atoms with van der Waals surface area (Å²) < 4.78 is 6.61. The molecule has 2 atom stereocenters. The Hall–Kier alpha value is 0.610. The Morgan fingerprint density at radius 1 is 1.50 bits per heavy atom. The summed E-state index contributed by atoms with van der Waals surface area (Å²) in [6, 6.07) is 0. The van der Waals surface area contributed by atoms with Gasteiger partial charge in [-0.3, -0.25) is 0 Å². The third-order valence-corrected chi connectivity index (χ3v) is 2.63. The lowest BCUT2D eigenvalue weighted by Crippen LogP contribution is -2.19. The molecule has 1 fully saturated rings. The van der Waals surface area contributed by atoms with Crippen molar-refractivity contribution < 1.29 is 9.57 Å². The van der Waals surface area contributed by atoms with Crippen molar-refractivity contribution in [3.05, 3.63) is 0 Å². The quantitative estimate of drug-likeness (QED) is 0.463. The number of alkyl halides is 1. The fourth-order valence-electron chi connectivity index (χ4n) is 1.12. The number of hydrogen-bond donors (Lipinski definition) is 1. The molecule has 0 aromatic rings. The number of hydrogen-bond acceptors (Lipinski definition) is 3. The number of nitrogens with two attached hydrogens (primary N) is 1. The van der Waals surface area contributed by atoms with Gasteiger partial charge in [0.05, 0.1) is 18.8 Å². The lowest BCUT2D eigenvalue weighted by molar-refractivity contribution is -0.00754. The predicted octanol–water partition coefficient (Wildman–Crippen LogP) is 0.859. The molecular formula is C6H12INO2. The summed E-state index contributed by atoms with van der Waals surface area (Å²) in [6.07, 6.45) is 2.91. The van der Waals surface area contributed by atoms with Crippen LogP contribution in [0.3, 0.4) is 0 Å². The molecule has 0 saturated carbocycles. The zero-order valence-corrected chi connectivity index (χ0v) is 7.91. The number of halogens is 1. The number of ether oxygens (including phenoxy) is 1. The molecule has 2 N–H and O–H groups in total. The van der Waals surface area contributed by atoms with E-state index in [1.54, 1.807) is 0 Å². The molecule has 2 unspecified atom stereocenters. The molecule has 3 nitrogen and oxygen atoms in total. The molecule has 0 bridgehead atoms. The van der Waals surface area contributed by atoms with E-state index in [1.165, 1.54) is 0 Å². The summed E-state index contributed by atoms with van der Waals surface area (Å²) in [4.78, 5) is 4.49. The van der Waals surface area contributed by atoms with Crippen LogP contribution >= 0.6 is 22.6 Å². The van der Waals surface area contributed by atoms with Crippen molar-refractivity contribution in [1.29, 1.82) is 0 Å². The minimum atomic E-state index is 0.241. The fourth-order valence-corrected chi connectivity index (χ4v) is 1.77. The topological polar surface area (TPSA) is 44.5 Å². The first-order valence-corrected chi connectivity index (χ1v) is 4.92. The zero-order chi connectivity index (χ0) is 7.40. The highest BCUT2D eigenvalue weighted by Gasteiger charge is 2.23. The lowest BCUT2D eigenvalue weighted by Gasteiger charge is -2.09. The molecule has 1 heterocycles. The van der Waals surface area contributed by atoms with Gasteiger partial charge in [0, 0.05) is 4.43 Å². The van der Waals surface area contributed by atoms with Gasteiger partial charge >= 0.3 is 0 Å². The Morgan fingerprint density at radius 3 is 2.70 bits per heavy atom. The summed E-state index contributed by atoms with van der Waals surface area (Å²) in [5.41, 5.74) is 0. The van der Waals surface area contributed by atoms with Gasteiger partial charge in [-0.25, -0.2) is 5.90 Å². The second-order valence-corrected chi connectivity index (χ2v) is 3.33. The smallest absolute Gasteiger partial charge is 0.0941 e. The Balaban J connectivity index is 2.15. The van der Waals surface area contributed by atoms with Crippen LogP contribution in [0.15, 0.2) is 0 Å². The third-order valence-electron chi connectivity index (χ3n) is 1.65. The molecule has 1 aliphatic rings. The van der Waals surface area contributed by atoms with Crippen LogP contribution < -0.4 is 5.90 Å². The molecule has 0 aromatic carbocycles. The maximum Gasteiger partial charge on any atom is 0.0941 e. The largest absolute Gasteiger partial charge is 0.372 e. The zero-order valence-electron chi connectivity index (χ0n) is 5.75. The Labute approximate surface area is 74.3 Å². The third kappa shape index (κ3) is 2.34. The number of rotatable bonds is 3. The molecule has 0 spiro atoms. The van der Waals surface area contributed by atoms with Crippen LogP contribution in [0.5, 0.6) is 0 Å². The van der Waals surface area contributed by atoms with Gasteiger partial charge in [-0.15, -0.1) is 0 Å². The molecule has 10 heavy (non-hydrogen) atoms. The summed E-state index contributed by atoms with van der Waals surface area (Å²) in [6.45, 7) is 0.535. The van der Waals surface area contributed by atoms with Crippen molar-refractivity contribution >= 4 is 22.6 Å². The molecule has 0 aliphatic carbocycles. The van der Waals surface area contributed by atoms with E-state index in [9.17, 15) is 0 Å². The second-order valence-electron chi connectivity index (χ2n) is 2.45. The van der Waals surface area contributed by atoms with E-state index in [-0.39, 0.29) is 6.10 Å². The maximum atomic E-state index is 5.54. The van der Waals surface area contributed by atoms with Gasteiger partial charge in [0.15, 0.2) is 0 Å². The minimum Gasteiger partial charge on any atom is -0.372 e. The second kappa shape index (κ2) is 4.48. The van der Waals surface area contributed by atoms with Gasteiger partial charge in [-0.1, -0.05) is 22.6 Å². The standard InChI is InChI=1S/C6H12INO2/c7-3-5-1-2-6(10-5)4-9-8/h5-6H,1-4,8H2. The van der Waals surface area contributed by atoms with Crippen molar-refractivity contribution in [2.45, 2.75) is 25.0 Å². The first kappa shape index (κ1) is 8.70. The summed E-state index contributed by atoms with van der Waals surface area (Å²) in [5, 5.41) is 0. The summed E-state index contributed by atoms with van der Waals surface area (Å²) in [5.74, 6) is 4.91.